The van der Waals surface area contributed by atoms with Gasteiger partial charge in [0.15, 0.2) is 0 Å². The largest absolute Gasteiger partial charge is 0.302 e. The molecule has 0 spiro atoms. The molecule has 0 amide bonds. The van der Waals surface area contributed by atoms with Gasteiger partial charge in [-0.15, -0.1) is 0 Å². The van der Waals surface area contributed by atoms with Gasteiger partial charge in [-0.05, 0) is 6.92 Å². The molecule has 0 fully saturated rings. The van der Waals surface area contributed by atoms with E-state index in [2.05, 4.69) is 10.2 Å². The predicted molar refractivity (Wildman–Crippen MR) is 75.8 cm³/mol. The van der Waals surface area contributed by atoms with Crippen LogP contribution in [-0.4, -0.2) is 15.1 Å². The van der Waals surface area contributed by atoms with E-state index in [1.807, 2.05) is 12.1 Å². The van der Waals surface area contributed by atoms with Gasteiger partial charge in [-0.2, -0.15) is 10.5 Å². The summed E-state index contributed by atoms with van der Waals surface area (Å²) in [4.78, 5) is 22.6. The van der Waals surface area contributed by atoms with Crippen molar-refractivity contribution in [3.8, 4) is 12.1 Å². The first-order valence-corrected chi connectivity index (χ1v) is 6.31. The number of aromatic amines is 2. The molecule has 1 aromatic carbocycles. The number of hydrogen-bond acceptors (Lipinski definition) is 5. The van der Waals surface area contributed by atoms with Crippen molar-refractivity contribution < 1.29 is 4.92 Å². The zero-order chi connectivity index (χ0) is 16.3. The third kappa shape index (κ3) is 2.45. The van der Waals surface area contributed by atoms with E-state index in [1.54, 1.807) is 13.0 Å². The highest BCUT2D eigenvalue weighted by Crippen LogP contribution is 2.36. The fourth-order valence-corrected chi connectivity index (χ4v) is 2.43. The summed E-state index contributed by atoms with van der Waals surface area (Å²) < 4.78 is 0. The number of aryl methyl sites for hydroxylation is 1. The molecule has 8 nitrogen and oxygen atoms in total. The Kier molecular flexibility index (Phi) is 4.05. The zero-order valence-corrected chi connectivity index (χ0v) is 11.5. The standard InChI is InChI=1S/C14H11N5O3/c1-8-12(14(20)18-17-8)13(9(6-15)7-16)10-4-2-3-5-11(10)19(21)22/h2-5,9,13H,1H3,(H2,17,18,20)/t13-/m0/s1. The van der Waals surface area contributed by atoms with Gasteiger partial charge in [-0.1, -0.05) is 18.2 Å². The Labute approximate surface area is 124 Å². The van der Waals surface area contributed by atoms with Crippen LogP contribution in [0.4, 0.5) is 5.69 Å². The maximum atomic E-state index is 12.0. The summed E-state index contributed by atoms with van der Waals surface area (Å²) in [6, 6.07) is 9.41. The van der Waals surface area contributed by atoms with Gasteiger partial charge in [-0.3, -0.25) is 20.0 Å². The summed E-state index contributed by atoms with van der Waals surface area (Å²) in [5, 5.41) is 34.6. The minimum atomic E-state index is -1.23. The van der Waals surface area contributed by atoms with Gasteiger partial charge in [-0.25, -0.2) is 0 Å². The van der Waals surface area contributed by atoms with Crippen molar-refractivity contribution >= 4 is 5.69 Å². The topological polar surface area (TPSA) is 139 Å². The molecule has 2 N–H and O–H groups in total. The van der Waals surface area contributed by atoms with Crippen LogP contribution in [0.5, 0.6) is 0 Å². The Morgan fingerprint density at radius 3 is 2.36 bits per heavy atom. The number of nitrogens with zero attached hydrogens (tertiary/aromatic N) is 3. The molecule has 1 atom stereocenters. The number of para-hydroxylation sites is 1. The monoisotopic (exact) mass is 297 g/mol. The number of nitrogens with one attached hydrogen (secondary N) is 2. The van der Waals surface area contributed by atoms with Gasteiger partial charge in [0, 0.05) is 22.9 Å². The van der Waals surface area contributed by atoms with E-state index in [9.17, 15) is 25.4 Å². The lowest BCUT2D eigenvalue weighted by Crippen LogP contribution is -2.20. The number of aromatic nitrogens is 2. The highest BCUT2D eigenvalue weighted by molar-refractivity contribution is 5.49. The average Bonchev–Trinajstić information content (AvgIpc) is 2.84. The second-order valence-electron chi connectivity index (χ2n) is 4.65. The molecule has 2 aromatic rings. The van der Waals surface area contributed by atoms with Gasteiger partial charge in [0.25, 0.3) is 11.2 Å². The van der Waals surface area contributed by atoms with Gasteiger partial charge >= 0.3 is 0 Å². The summed E-state index contributed by atoms with van der Waals surface area (Å²) in [5.74, 6) is -2.23. The molecule has 0 aliphatic carbocycles. The molecule has 2 rings (SSSR count). The van der Waals surface area contributed by atoms with Crippen LogP contribution in [0.2, 0.25) is 0 Å². The summed E-state index contributed by atoms with van der Waals surface area (Å²) in [7, 11) is 0. The quantitative estimate of drug-likeness (QED) is 0.653. The van der Waals surface area contributed by atoms with Crippen molar-refractivity contribution in [2.24, 2.45) is 5.92 Å². The number of benzene rings is 1. The molecule has 0 bridgehead atoms. The van der Waals surface area contributed by atoms with Crippen LogP contribution < -0.4 is 5.56 Å². The molecule has 110 valence electrons. The van der Waals surface area contributed by atoms with Crippen molar-refractivity contribution in [2.45, 2.75) is 12.8 Å². The molecule has 0 unspecified atom stereocenters. The summed E-state index contributed by atoms with van der Waals surface area (Å²) >= 11 is 0. The second kappa shape index (κ2) is 5.94. The molecule has 0 aliphatic rings. The molecule has 0 aliphatic heterocycles. The summed E-state index contributed by atoms with van der Waals surface area (Å²) in [6.45, 7) is 1.60. The van der Waals surface area contributed by atoms with Crippen LogP contribution in [0, 0.1) is 45.6 Å². The van der Waals surface area contributed by atoms with Crippen LogP contribution in [0.3, 0.4) is 0 Å². The van der Waals surface area contributed by atoms with Crippen molar-refractivity contribution in [3.63, 3.8) is 0 Å². The Hall–Kier alpha value is -3.39. The fraction of sp³-hybridized carbons (Fsp3) is 0.214. The average molecular weight is 297 g/mol. The number of nitriles is 2. The fourth-order valence-electron chi connectivity index (χ4n) is 2.43. The molecule has 1 aromatic heterocycles. The molecule has 0 saturated heterocycles. The minimum absolute atomic E-state index is 0.155. The number of hydrogen-bond donors (Lipinski definition) is 2. The van der Waals surface area contributed by atoms with Crippen molar-refractivity contribution in [2.75, 3.05) is 0 Å². The Bertz CT molecular complexity index is 838. The Balaban J connectivity index is 2.78. The van der Waals surface area contributed by atoms with E-state index >= 15 is 0 Å². The lowest BCUT2D eigenvalue weighted by molar-refractivity contribution is -0.385. The van der Waals surface area contributed by atoms with E-state index in [0.29, 0.717) is 5.69 Å². The van der Waals surface area contributed by atoms with Gasteiger partial charge in [0.2, 0.25) is 0 Å². The van der Waals surface area contributed by atoms with E-state index in [4.69, 9.17) is 0 Å². The van der Waals surface area contributed by atoms with Crippen LogP contribution in [0.15, 0.2) is 29.1 Å². The van der Waals surface area contributed by atoms with E-state index < -0.39 is 22.3 Å². The molecule has 1 heterocycles. The Morgan fingerprint density at radius 1 is 1.23 bits per heavy atom. The van der Waals surface area contributed by atoms with Crippen LogP contribution in [0.1, 0.15) is 22.7 Å². The first-order chi connectivity index (χ1) is 10.5. The van der Waals surface area contributed by atoms with Crippen molar-refractivity contribution in [1.82, 2.24) is 10.2 Å². The number of nitro benzene ring substituents is 1. The molecular formula is C14H11N5O3. The van der Waals surface area contributed by atoms with Gasteiger partial charge < -0.3 is 5.10 Å². The van der Waals surface area contributed by atoms with Crippen LogP contribution in [-0.2, 0) is 0 Å². The SMILES string of the molecule is Cc1[nH][nH]c(=O)c1[C@H](c1ccccc1[N+](=O)[O-])C(C#N)C#N. The molecule has 0 saturated carbocycles. The van der Waals surface area contributed by atoms with Gasteiger partial charge in [0.1, 0.15) is 5.92 Å². The predicted octanol–water partition coefficient (Wildman–Crippen LogP) is 1.71. The first kappa shape index (κ1) is 15.0. The van der Waals surface area contributed by atoms with Crippen molar-refractivity contribution in [3.05, 3.63) is 61.6 Å². The smallest absolute Gasteiger partial charge is 0.273 e. The molecular weight excluding hydrogens is 286 g/mol. The number of nitro groups is 1. The minimum Gasteiger partial charge on any atom is -0.302 e. The van der Waals surface area contributed by atoms with E-state index in [-0.39, 0.29) is 16.8 Å². The van der Waals surface area contributed by atoms with Crippen LogP contribution >= 0.6 is 0 Å². The van der Waals surface area contributed by atoms with Gasteiger partial charge in [0.05, 0.1) is 23.0 Å². The summed E-state index contributed by atoms with van der Waals surface area (Å²) in [6.07, 6.45) is 0. The van der Waals surface area contributed by atoms with Crippen LogP contribution in [0.25, 0.3) is 0 Å². The normalized spacial score (nSPS) is 11.6. The lowest BCUT2D eigenvalue weighted by Gasteiger charge is -2.16. The molecule has 22 heavy (non-hydrogen) atoms. The maximum absolute atomic E-state index is 12.0. The third-order valence-corrected chi connectivity index (χ3v) is 3.40. The molecule has 0 radical (unpaired) electrons. The number of rotatable bonds is 4. The van der Waals surface area contributed by atoms with Crippen molar-refractivity contribution in [1.29, 1.82) is 10.5 Å². The Morgan fingerprint density at radius 2 is 1.86 bits per heavy atom. The third-order valence-electron chi connectivity index (χ3n) is 3.40. The lowest BCUT2D eigenvalue weighted by atomic mass is 9.81. The molecule has 8 heteroatoms. The highest BCUT2D eigenvalue weighted by atomic mass is 16.6. The highest BCUT2D eigenvalue weighted by Gasteiger charge is 2.34. The number of H-pyrrole nitrogens is 2. The maximum Gasteiger partial charge on any atom is 0.273 e. The second-order valence-corrected chi connectivity index (χ2v) is 4.65. The first-order valence-electron chi connectivity index (χ1n) is 6.31. The van der Waals surface area contributed by atoms with E-state index in [1.165, 1.54) is 18.2 Å². The van der Waals surface area contributed by atoms with E-state index in [0.717, 1.165) is 0 Å². The summed E-state index contributed by atoms with van der Waals surface area (Å²) in [5.41, 5.74) is 0.0130. The zero-order valence-electron chi connectivity index (χ0n) is 11.5.